The fraction of sp³-hybridized carbons (Fsp3) is 0. The summed E-state index contributed by atoms with van der Waals surface area (Å²) in [6.07, 6.45) is 2.23. The van der Waals surface area contributed by atoms with Crippen LogP contribution in [0.4, 0.5) is 11.6 Å². The highest BCUT2D eigenvalue weighted by Gasteiger charge is 2.12. The molecule has 1 N–H and O–H groups in total. The second-order valence-corrected chi connectivity index (χ2v) is 2.79. The van der Waals surface area contributed by atoms with Crippen molar-refractivity contribution in [1.82, 2.24) is 20.1 Å². The van der Waals surface area contributed by atoms with E-state index < -0.39 is 20.7 Å². The molecule has 2 aromatic heterocycles. The van der Waals surface area contributed by atoms with Crippen LogP contribution in [0.15, 0.2) is 24.5 Å². The topological polar surface area (TPSA) is 176 Å². The minimum Gasteiger partial charge on any atom is -0.358 e. The summed E-state index contributed by atoms with van der Waals surface area (Å²) in [6, 6.07) is 2.24. The van der Waals surface area contributed by atoms with Crippen LogP contribution in [-0.4, -0.2) is 35.0 Å². The zero-order valence-electron chi connectivity index (χ0n) is 8.94. The molecule has 0 radical (unpaired) electrons. The third-order valence-corrected chi connectivity index (χ3v) is 1.60. The summed E-state index contributed by atoms with van der Waals surface area (Å²) >= 11 is 0. The van der Waals surface area contributed by atoms with Crippen LogP contribution in [0.1, 0.15) is 0 Å². The van der Waals surface area contributed by atoms with E-state index in [9.17, 15) is 30.3 Å². The lowest BCUT2D eigenvalue weighted by Crippen LogP contribution is -2.08. The second kappa shape index (κ2) is 5.80. The molecule has 0 spiro atoms. The monoisotopic (exact) mass is 271 g/mol. The van der Waals surface area contributed by atoms with E-state index in [-0.39, 0.29) is 10.6 Å². The van der Waals surface area contributed by atoms with Gasteiger partial charge < -0.3 is 30.3 Å². The zero-order valence-corrected chi connectivity index (χ0v) is 8.94. The molecule has 2 rings (SSSR count). The van der Waals surface area contributed by atoms with E-state index >= 15 is 0 Å². The van der Waals surface area contributed by atoms with Crippen molar-refractivity contribution in [3.05, 3.63) is 54.9 Å². The van der Waals surface area contributed by atoms with Gasteiger partial charge in [-0.15, -0.1) is 5.10 Å². The summed E-state index contributed by atoms with van der Waals surface area (Å²) in [7, 11) is 0. The zero-order chi connectivity index (χ0) is 14.4. The predicted molar refractivity (Wildman–Crippen MR) is 56.5 cm³/mol. The van der Waals surface area contributed by atoms with E-state index in [4.69, 9.17) is 0 Å². The van der Waals surface area contributed by atoms with Crippen molar-refractivity contribution in [2.75, 3.05) is 0 Å². The number of hydrogen-bond acceptors (Lipinski definition) is 8. The molecule has 19 heavy (non-hydrogen) atoms. The van der Waals surface area contributed by atoms with Crippen LogP contribution in [0.5, 0.6) is 0 Å². The standard InChI is InChI=1S/C3H2N4O4.C3H3N3O2/c8-6(9)3-1-2-5(4-3)7(10)11;7-6(8)3-1-2-4-5-3/h1-2H;1-2H,(H,4,5). The molecule has 0 atom stereocenters. The highest BCUT2D eigenvalue weighted by Crippen LogP contribution is 2.03. The maximum Gasteiger partial charge on any atom is 0.394 e. The molecule has 0 amide bonds. The molecule has 0 saturated heterocycles. The fourth-order valence-electron chi connectivity index (χ4n) is 0.844. The molecule has 0 unspecified atom stereocenters. The first-order chi connectivity index (χ1) is 8.91. The quantitative estimate of drug-likeness (QED) is 0.605. The van der Waals surface area contributed by atoms with Crippen molar-refractivity contribution in [2.24, 2.45) is 0 Å². The van der Waals surface area contributed by atoms with Gasteiger partial charge in [0, 0.05) is 4.79 Å². The van der Waals surface area contributed by atoms with Crippen LogP contribution in [0, 0.1) is 30.3 Å². The maximum absolute atomic E-state index is 9.94. The molecule has 0 bridgehead atoms. The molecule has 100 valence electrons. The normalized spacial score (nSPS) is 9.26. The SMILES string of the molecule is O=[N+]([O-])c1ccn([N+](=O)[O-])n1.O=[N+]([O-])c1ccn[nH]1. The molecule has 0 fully saturated rings. The first-order valence-electron chi connectivity index (χ1n) is 4.40. The molecule has 13 nitrogen and oxygen atoms in total. The fourth-order valence-corrected chi connectivity index (χ4v) is 0.844. The molecule has 2 aromatic rings. The summed E-state index contributed by atoms with van der Waals surface area (Å²) in [4.78, 5) is 28.6. The van der Waals surface area contributed by atoms with Crippen LogP contribution in [0.25, 0.3) is 0 Å². The van der Waals surface area contributed by atoms with Gasteiger partial charge in [-0.2, -0.15) is 0 Å². The van der Waals surface area contributed by atoms with Gasteiger partial charge in [-0.1, -0.05) is 5.10 Å². The summed E-state index contributed by atoms with van der Waals surface area (Å²) in [5, 5.41) is 37.4. The molecule has 0 aromatic carbocycles. The van der Waals surface area contributed by atoms with Gasteiger partial charge in [-0.3, -0.25) is 0 Å². The molecule has 0 aliphatic heterocycles. The minimum atomic E-state index is -0.868. The highest BCUT2D eigenvalue weighted by molar-refractivity contribution is 5.13. The molecule has 2 heterocycles. The van der Waals surface area contributed by atoms with Crippen molar-refractivity contribution in [3.63, 3.8) is 0 Å². The summed E-state index contributed by atoms with van der Waals surface area (Å²) < 4.78 is 0. The van der Waals surface area contributed by atoms with Gasteiger partial charge in [-0.25, -0.2) is 0 Å². The Morgan fingerprint density at radius 3 is 2.05 bits per heavy atom. The third-order valence-electron chi connectivity index (χ3n) is 1.60. The lowest BCUT2D eigenvalue weighted by atomic mass is 10.7. The summed E-state index contributed by atoms with van der Waals surface area (Å²) in [5.74, 6) is -0.619. The molecular weight excluding hydrogens is 266 g/mol. The van der Waals surface area contributed by atoms with Gasteiger partial charge >= 0.3 is 11.6 Å². The van der Waals surface area contributed by atoms with E-state index in [0.717, 1.165) is 12.3 Å². The van der Waals surface area contributed by atoms with Gasteiger partial charge in [0.15, 0.2) is 0 Å². The Morgan fingerprint density at radius 1 is 1.11 bits per heavy atom. The number of nitro groups is 3. The average molecular weight is 271 g/mol. The van der Waals surface area contributed by atoms with E-state index in [0.29, 0.717) is 0 Å². The third kappa shape index (κ3) is 3.84. The number of rotatable bonds is 3. The predicted octanol–water partition coefficient (Wildman–Crippen LogP) is 0.149. The van der Waals surface area contributed by atoms with Gasteiger partial charge in [0.05, 0.1) is 23.4 Å². The van der Waals surface area contributed by atoms with Crippen LogP contribution >= 0.6 is 0 Å². The van der Waals surface area contributed by atoms with Crippen molar-refractivity contribution in [1.29, 1.82) is 0 Å². The highest BCUT2D eigenvalue weighted by atomic mass is 16.7. The first-order valence-corrected chi connectivity index (χ1v) is 4.40. The number of hydrogen-bond donors (Lipinski definition) is 1. The number of nitrogens with zero attached hydrogens (tertiary/aromatic N) is 6. The number of H-pyrrole nitrogens is 1. The summed E-state index contributed by atoms with van der Waals surface area (Å²) in [6.45, 7) is 0. The van der Waals surface area contributed by atoms with Gasteiger partial charge in [-0.05, 0) is 9.85 Å². The molecule has 0 saturated carbocycles. The van der Waals surface area contributed by atoms with Gasteiger partial charge in [0.2, 0.25) is 0 Å². The summed E-state index contributed by atoms with van der Waals surface area (Å²) in [5.41, 5.74) is 0. The number of aromatic nitrogens is 4. The Labute approximate surface area is 102 Å². The number of aromatic amines is 1. The lowest BCUT2D eigenvalue weighted by molar-refractivity contribution is -0.554. The maximum atomic E-state index is 9.94. The Kier molecular flexibility index (Phi) is 4.18. The second-order valence-electron chi connectivity index (χ2n) is 2.79. The van der Waals surface area contributed by atoms with Crippen LogP contribution in [-0.2, 0) is 0 Å². The number of nitrogens with one attached hydrogen (secondary N) is 1. The van der Waals surface area contributed by atoms with Crippen LogP contribution in [0.2, 0.25) is 0 Å². The molecular formula is C6H5N7O6. The molecule has 0 aliphatic carbocycles. The Hall–Kier alpha value is -3.38. The van der Waals surface area contributed by atoms with Crippen molar-refractivity contribution in [3.8, 4) is 0 Å². The lowest BCUT2D eigenvalue weighted by Gasteiger charge is -1.86. The Morgan fingerprint density at radius 2 is 1.79 bits per heavy atom. The van der Waals surface area contributed by atoms with Crippen molar-refractivity contribution < 1.29 is 14.9 Å². The van der Waals surface area contributed by atoms with Crippen LogP contribution < -0.4 is 0 Å². The van der Waals surface area contributed by atoms with E-state index in [1.807, 2.05) is 0 Å². The Balaban J connectivity index is 0.000000200. The molecule has 13 heteroatoms. The average Bonchev–Trinajstić information content (AvgIpc) is 3.02. The van der Waals surface area contributed by atoms with Crippen molar-refractivity contribution in [2.45, 2.75) is 0 Å². The Bertz CT molecular complexity index is 561. The minimum absolute atomic E-state index is 0.0787. The van der Waals surface area contributed by atoms with Crippen LogP contribution in [0.3, 0.4) is 0 Å². The van der Waals surface area contributed by atoms with E-state index in [1.54, 1.807) is 0 Å². The smallest absolute Gasteiger partial charge is 0.358 e. The van der Waals surface area contributed by atoms with Crippen molar-refractivity contribution >= 4 is 11.6 Å². The van der Waals surface area contributed by atoms with E-state index in [2.05, 4.69) is 15.3 Å². The van der Waals surface area contributed by atoms with Gasteiger partial charge in [0.25, 0.3) is 0 Å². The van der Waals surface area contributed by atoms with Gasteiger partial charge in [0.1, 0.15) is 11.3 Å². The van der Waals surface area contributed by atoms with E-state index in [1.165, 1.54) is 12.3 Å². The first kappa shape index (κ1) is 13.7. The largest absolute Gasteiger partial charge is 0.394 e. The molecule has 0 aliphatic rings.